The number of ether oxygens (including phenoxy) is 2. The zero-order valence-electron chi connectivity index (χ0n) is 20.3. The number of rotatable bonds is 10. The summed E-state index contributed by atoms with van der Waals surface area (Å²) < 4.78 is 10.6. The molecule has 9 nitrogen and oxygen atoms in total. The Morgan fingerprint density at radius 1 is 0.943 bits per heavy atom. The van der Waals surface area contributed by atoms with E-state index in [-0.39, 0.29) is 32.0 Å². The minimum atomic E-state index is -2.15. The Kier molecular flexibility index (Phi) is 8.14. The minimum Gasteiger partial charge on any atom is -0.479 e. The van der Waals surface area contributed by atoms with E-state index in [2.05, 4.69) is 34.9 Å². The normalized spacial score (nSPS) is 14.4. The summed E-state index contributed by atoms with van der Waals surface area (Å²) >= 11 is 0. The number of carbonyl (C=O) groups is 3. The van der Waals surface area contributed by atoms with Crippen LogP contribution < -0.4 is 16.4 Å². The number of amides is 1. The van der Waals surface area contributed by atoms with Gasteiger partial charge in [0.05, 0.1) is 0 Å². The number of nitrogens with two attached hydrogens (primary N) is 1. The molecule has 0 aromatic heterocycles. The van der Waals surface area contributed by atoms with E-state index in [1.807, 2.05) is 24.3 Å². The molecule has 0 aliphatic heterocycles. The summed E-state index contributed by atoms with van der Waals surface area (Å²) in [5.41, 5.74) is 7.40. The molecule has 1 atom stereocenters. The molecule has 2 aromatic rings. The van der Waals surface area contributed by atoms with Crippen LogP contribution in [0.2, 0.25) is 0 Å². The molecular formula is C26H33N3O6. The smallest absolute Gasteiger partial charge is 0.407 e. The molecule has 188 valence electrons. The number of hydrogen-bond donors (Lipinski definition) is 4. The summed E-state index contributed by atoms with van der Waals surface area (Å²) in [5, 5.41) is 15.1. The average molecular weight is 484 g/mol. The molecule has 9 heteroatoms. The lowest BCUT2D eigenvalue weighted by molar-refractivity contribution is -0.169. The highest BCUT2D eigenvalue weighted by Crippen LogP contribution is 2.44. The number of hydrogen-bond acceptors (Lipinski definition) is 7. The first-order valence-corrected chi connectivity index (χ1v) is 11.6. The van der Waals surface area contributed by atoms with Crippen molar-refractivity contribution >= 4 is 18.0 Å². The van der Waals surface area contributed by atoms with Crippen LogP contribution in [0, 0.1) is 0 Å². The molecular weight excluding hydrogens is 450 g/mol. The minimum absolute atomic E-state index is 0.0205. The SMILES string of the molecule is CC(C)(C)OC(=O)[C@](N)(CCNCCNC(=O)OCC1c2ccccc2-c2ccccc21)C(=O)O. The lowest BCUT2D eigenvalue weighted by Crippen LogP contribution is -2.58. The Balaban J connectivity index is 1.41. The van der Waals surface area contributed by atoms with Crippen LogP contribution in [0.5, 0.6) is 0 Å². The van der Waals surface area contributed by atoms with Crippen molar-refractivity contribution in [3.63, 3.8) is 0 Å². The Morgan fingerprint density at radius 3 is 2.06 bits per heavy atom. The van der Waals surface area contributed by atoms with Crippen LogP contribution in [0.4, 0.5) is 4.79 Å². The summed E-state index contributed by atoms with van der Waals surface area (Å²) in [4.78, 5) is 36.0. The predicted molar refractivity (Wildman–Crippen MR) is 131 cm³/mol. The maximum Gasteiger partial charge on any atom is 0.407 e. The van der Waals surface area contributed by atoms with E-state index in [9.17, 15) is 19.5 Å². The average Bonchev–Trinajstić information content (AvgIpc) is 3.12. The molecule has 0 bridgehead atoms. The molecule has 0 radical (unpaired) electrons. The van der Waals surface area contributed by atoms with Crippen LogP contribution in [-0.4, -0.2) is 60.5 Å². The fraction of sp³-hybridized carbons (Fsp3) is 0.423. The monoisotopic (exact) mass is 483 g/mol. The number of carboxylic acid groups (broad SMARTS) is 1. The molecule has 0 spiro atoms. The molecule has 1 aliphatic rings. The van der Waals surface area contributed by atoms with Gasteiger partial charge in [0.25, 0.3) is 0 Å². The van der Waals surface area contributed by atoms with E-state index in [0.29, 0.717) is 6.54 Å². The lowest BCUT2D eigenvalue weighted by Gasteiger charge is -2.28. The molecule has 5 N–H and O–H groups in total. The third kappa shape index (κ3) is 6.37. The third-order valence-corrected chi connectivity index (χ3v) is 5.76. The summed E-state index contributed by atoms with van der Waals surface area (Å²) in [6, 6.07) is 16.2. The number of fused-ring (bicyclic) bond motifs is 3. The van der Waals surface area contributed by atoms with Crippen molar-refractivity contribution < 1.29 is 29.0 Å². The summed E-state index contributed by atoms with van der Waals surface area (Å²) in [5.74, 6) is -2.46. The van der Waals surface area contributed by atoms with Crippen molar-refractivity contribution in [3.8, 4) is 11.1 Å². The number of benzene rings is 2. The van der Waals surface area contributed by atoms with E-state index < -0.39 is 29.2 Å². The fourth-order valence-electron chi connectivity index (χ4n) is 3.98. The van der Waals surface area contributed by atoms with Crippen LogP contribution in [0.25, 0.3) is 11.1 Å². The van der Waals surface area contributed by atoms with Gasteiger partial charge in [0.2, 0.25) is 5.54 Å². The Hall–Kier alpha value is -3.43. The van der Waals surface area contributed by atoms with E-state index in [4.69, 9.17) is 15.2 Å². The van der Waals surface area contributed by atoms with Gasteiger partial charge in [-0.05, 0) is 56.0 Å². The first kappa shape index (κ1) is 26.2. The maximum absolute atomic E-state index is 12.2. The topological polar surface area (TPSA) is 140 Å². The number of nitrogens with one attached hydrogen (secondary N) is 2. The molecule has 1 amide bonds. The van der Waals surface area contributed by atoms with Crippen molar-refractivity contribution in [1.82, 2.24) is 10.6 Å². The van der Waals surface area contributed by atoms with Gasteiger partial charge in [-0.1, -0.05) is 48.5 Å². The van der Waals surface area contributed by atoms with E-state index >= 15 is 0 Å². The molecule has 3 rings (SSSR count). The van der Waals surface area contributed by atoms with Crippen molar-refractivity contribution in [2.24, 2.45) is 5.73 Å². The van der Waals surface area contributed by atoms with E-state index in [1.54, 1.807) is 20.8 Å². The number of esters is 1. The summed E-state index contributed by atoms with van der Waals surface area (Å²) in [6.45, 7) is 5.88. The van der Waals surface area contributed by atoms with Gasteiger partial charge in [-0.2, -0.15) is 0 Å². The second-order valence-corrected chi connectivity index (χ2v) is 9.53. The highest BCUT2D eigenvalue weighted by atomic mass is 16.6. The largest absolute Gasteiger partial charge is 0.479 e. The summed E-state index contributed by atoms with van der Waals surface area (Å²) in [7, 11) is 0. The van der Waals surface area contributed by atoms with Gasteiger partial charge in [-0.25, -0.2) is 14.4 Å². The third-order valence-electron chi connectivity index (χ3n) is 5.76. The standard InChI is InChI=1S/C26H33N3O6/c1-25(2,3)35-23(32)26(27,22(30)31)12-13-28-14-15-29-24(33)34-16-21-19-10-6-4-8-17(19)18-9-5-7-11-20(18)21/h4-11,21,28H,12-16,27H2,1-3H3,(H,29,33)(H,30,31)/t26-/m0/s1. The molecule has 0 fully saturated rings. The van der Waals surface area contributed by atoms with Crippen molar-refractivity contribution in [2.45, 2.75) is 44.2 Å². The van der Waals surface area contributed by atoms with Gasteiger partial charge in [0, 0.05) is 19.0 Å². The first-order valence-electron chi connectivity index (χ1n) is 11.6. The quantitative estimate of drug-likeness (QED) is 0.230. The Labute approximate surface area is 205 Å². The van der Waals surface area contributed by atoms with Gasteiger partial charge in [-0.15, -0.1) is 0 Å². The molecule has 2 aromatic carbocycles. The molecule has 0 unspecified atom stereocenters. The van der Waals surface area contributed by atoms with Crippen molar-refractivity contribution in [3.05, 3.63) is 59.7 Å². The lowest BCUT2D eigenvalue weighted by atomic mass is 9.96. The second kappa shape index (κ2) is 10.9. The van der Waals surface area contributed by atoms with Crippen molar-refractivity contribution in [2.75, 3.05) is 26.2 Å². The fourth-order valence-corrected chi connectivity index (χ4v) is 3.98. The maximum atomic E-state index is 12.2. The van der Waals surface area contributed by atoms with Crippen molar-refractivity contribution in [1.29, 1.82) is 0 Å². The van der Waals surface area contributed by atoms with E-state index in [1.165, 1.54) is 0 Å². The number of carboxylic acids is 1. The highest BCUT2D eigenvalue weighted by molar-refractivity contribution is 6.03. The predicted octanol–water partition coefficient (Wildman–Crippen LogP) is 2.63. The molecule has 35 heavy (non-hydrogen) atoms. The van der Waals surface area contributed by atoms with Crippen LogP contribution in [0.3, 0.4) is 0 Å². The molecule has 0 heterocycles. The van der Waals surface area contributed by atoms with E-state index in [0.717, 1.165) is 22.3 Å². The zero-order valence-corrected chi connectivity index (χ0v) is 20.3. The van der Waals surface area contributed by atoms with Crippen LogP contribution in [0.15, 0.2) is 48.5 Å². The van der Waals surface area contributed by atoms with Crippen LogP contribution >= 0.6 is 0 Å². The highest BCUT2D eigenvalue weighted by Gasteiger charge is 2.45. The van der Waals surface area contributed by atoms with Crippen LogP contribution in [0.1, 0.15) is 44.2 Å². The summed E-state index contributed by atoms with van der Waals surface area (Å²) in [6.07, 6.45) is -0.705. The van der Waals surface area contributed by atoms with Gasteiger partial charge < -0.3 is 30.9 Å². The molecule has 1 aliphatic carbocycles. The van der Waals surface area contributed by atoms with Gasteiger partial charge in [0.15, 0.2) is 0 Å². The number of aliphatic carboxylic acids is 1. The Bertz CT molecular complexity index is 1040. The molecule has 0 saturated heterocycles. The van der Waals surface area contributed by atoms with Gasteiger partial charge >= 0.3 is 18.0 Å². The number of carbonyl (C=O) groups excluding carboxylic acids is 2. The van der Waals surface area contributed by atoms with Crippen LogP contribution in [-0.2, 0) is 19.1 Å². The van der Waals surface area contributed by atoms with Gasteiger partial charge in [-0.3, -0.25) is 0 Å². The number of alkyl carbamates (subject to hydrolysis) is 1. The first-order chi connectivity index (χ1) is 16.5. The second-order valence-electron chi connectivity index (χ2n) is 9.53. The zero-order chi connectivity index (χ0) is 25.6. The molecule has 0 saturated carbocycles. The Morgan fingerprint density at radius 2 is 1.51 bits per heavy atom. The van der Waals surface area contributed by atoms with Gasteiger partial charge in [0.1, 0.15) is 12.2 Å².